The van der Waals surface area contributed by atoms with Crippen LogP contribution in [-0.4, -0.2) is 26.4 Å². The van der Waals surface area contributed by atoms with Crippen LogP contribution in [0.25, 0.3) is 5.69 Å². The van der Waals surface area contributed by atoms with Crippen LogP contribution in [0.4, 0.5) is 0 Å². The van der Waals surface area contributed by atoms with Gasteiger partial charge in [-0.25, -0.2) is 0 Å². The Bertz CT molecular complexity index is 908. The molecule has 1 amide bonds. The van der Waals surface area contributed by atoms with Gasteiger partial charge < -0.3 is 5.32 Å². The van der Waals surface area contributed by atoms with Gasteiger partial charge in [-0.1, -0.05) is 47.6 Å². The largest absolute Gasteiger partial charge is 0.351 e. The molecule has 2 aromatic carbocycles. The molecule has 0 radical (unpaired) electrons. The van der Waals surface area contributed by atoms with Crippen LogP contribution >= 0.6 is 23.4 Å². The summed E-state index contributed by atoms with van der Waals surface area (Å²) in [6.45, 7) is 4.42. The summed E-state index contributed by atoms with van der Waals surface area (Å²) in [4.78, 5) is 12.1. The maximum Gasteiger partial charge on any atom is 0.230 e. The van der Waals surface area contributed by atoms with E-state index in [0.717, 1.165) is 22.6 Å². The molecule has 0 saturated carbocycles. The van der Waals surface area contributed by atoms with Crippen LogP contribution in [0.3, 0.4) is 0 Å². The van der Waals surface area contributed by atoms with Gasteiger partial charge in [0, 0.05) is 17.3 Å². The molecule has 0 aliphatic rings. The summed E-state index contributed by atoms with van der Waals surface area (Å²) in [5.74, 6) is 1.01. The van der Waals surface area contributed by atoms with E-state index in [-0.39, 0.29) is 11.7 Å². The van der Waals surface area contributed by atoms with Gasteiger partial charge >= 0.3 is 0 Å². The summed E-state index contributed by atoms with van der Waals surface area (Å²) in [6, 6.07) is 15.5. The van der Waals surface area contributed by atoms with Crippen molar-refractivity contribution in [2.24, 2.45) is 0 Å². The first-order valence-corrected chi connectivity index (χ1v) is 9.52. The predicted molar refractivity (Wildman–Crippen MR) is 105 cm³/mol. The smallest absolute Gasteiger partial charge is 0.230 e. The number of halogens is 1. The van der Waals surface area contributed by atoms with Crippen LogP contribution in [0.2, 0.25) is 5.02 Å². The molecule has 5 nitrogen and oxygen atoms in total. The van der Waals surface area contributed by atoms with E-state index in [1.165, 1.54) is 11.8 Å². The number of benzene rings is 2. The van der Waals surface area contributed by atoms with Crippen LogP contribution in [0.5, 0.6) is 0 Å². The Morgan fingerprint density at radius 3 is 2.65 bits per heavy atom. The number of nitrogens with zero attached hydrogens (tertiary/aromatic N) is 3. The van der Waals surface area contributed by atoms with Gasteiger partial charge in [0.15, 0.2) is 5.16 Å². The van der Waals surface area contributed by atoms with Gasteiger partial charge in [0.2, 0.25) is 5.91 Å². The van der Waals surface area contributed by atoms with Crippen molar-refractivity contribution in [3.05, 3.63) is 70.5 Å². The molecule has 0 aliphatic heterocycles. The normalized spacial score (nSPS) is 10.7. The molecule has 1 heterocycles. The summed E-state index contributed by atoms with van der Waals surface area (Å²) < 4.78 is 1.96. The molecule has 3 rings (SSSR count). The molecule has 0 spiro atoms. The van der Waals surface area contributed by atoms with Crippen molar-refractivity contribution in [2.45, 2.75) is 25.5 Å². The Balaban J connectivity index is 1.61. The van der Waals surface area contributed by atoms with Crippen molar-refractivity contribution in [1.29, 1.82) is 0 Å². The van der Waals surface area contributed by atoms with Crippen molar-refractivity contribution >= 4 is 29.3 Å². The maximum atomic E-state index is 12.1. The number of rotatable bonds is 6. The van der Waals surface area contributed by atoms with Crippen molar-refractivity contribution < 1.29 is 4.79 Å². The molecule has 7 heteroatoms. The monoisotopic (exact) mass is 386 g/mol. The second-order valence-electron chi connectivity index (χ2n) is 5.90. The van der Waals surface area contributed by atoms with E-state index in [1.54, 1.807) is 0 Å². The Morgan fingerprint density at radius 1 is 1.15 bits per heavy atom. The fourth-order valence-corrected chi connectivity index (χ4v) is 3.44. The summed E-state index contributed by atoms with van der Waals surface area (Å²) in [5, 5.41) is 12.6. The summed E-state index contributed by atoms with van der Waals surface area (Å²) in [6.07, 6.45) is 0. The van der Waals surface area contributed by atoms with E-state index < -0.39 is 0 Å². The summed E-state index contributed by atoms with van der Waals surface area (Å²) >= 11 is 7.23. The molecule has 3 aromatic rings. The van der Waals surface area contributed by atoms with Gasteiger partial charge in [0.05, 0.1) is 5.75 Å². The Hall–Kier alpha value is -2.31. The first kappa shape index (κ1) is 18.5. The van der Waals surface area contributed by atoms with Gasteiger partial charge in [0.1, 0.15) is 5.82 Å². The number of hydrogen-bond acceptors (Lipinski definition) is 4. The highest BCUT2D eigenvalue weighted by molar-refractivity contribution is 7.99. The molecule has 1 aromatic heterocycles. The van der Waals surface area contributed by atoms with Gasteiger partial charge in [-0.05, 0) is 49.2 Å². The van der Waals surface area contributed by atoms with E-state index in [2.05, 4.69) is 21.6 Å². The van der Waals surface area contributed by atoms with Crippen LogP contribution in [0.1, 0.15) is 17.0 Å². The van der Waals surface area contributed by atoms with Crippen LogP contribution in [0, 0.1) is 13.8 Å². The quantitative estimate of drug-likeness (QED) is 0.652. The fraction of sp³-hybridized carbons (Fsp3) is 0.211. The van der Waals surface area contributed by atoms with Crippen molar-refractivity contribution in [3.8, 4) is 5.69 Å². The number of nitrogens with one attached hydrogen (secondary N) is 1. The minimum Gasteiger partial charge on any atom is -0.351 e. The number of carbonyl (C=O) groups is 1. The zero-order valence-corrected chi connectivity index (χ0v) is 16.1. The van der Waals surface area contributed by atoms with Crippen molar-refractivity contribution in [3.63, 3.8) is 0 Å². The number of hydrogen-bond donors (Lipinski definition) is 1. The molecular formula is C19H19ClN4OS. The number of amides is 1. The Labute approximate surface area is 161 Å². The van der Waals surface area contributed by atoms with E-state index in [9.17, 15) is 4.79 Å². The maximum absolute atomic E-state index is 12.1. The van der Waals surface area contributed by atoms with E-state index >= 15 is 0 Å². The van der Waals surface area contributed by atoms with Crippen LogP contribution in [-0.2, 0) is 11.3 Å². The van der Waals surface area contributed by atoms with E-state index in [1.807, 2.05) is 60.9 Å². The highest BCUT2D eigenvalue weighted by Gasteiger charge is 2.13. The predicted octanol–water partition coefficient (Wildman–Crippen LogP) is 3.95. The second-order valence-corrected chi connectivity index (χ2v) is 7.28. The molecule has 0 aliphatic carbocycles. The molecular weight excluding hydrogens is 368 g/mol. The van der Waals surface area contributed by atoms with Crippen LogP contribution < -0.4 is 5.32 Å². The number of thioether (sulfide) groups is 1. The second kappa shape index (κ2) is 8.38. The lowest BCUT2D eigenvalue weighted by atomic mass is 10.2. The third-order valence-corrected chi connectivity index (χ3v) is 4.97. The first-order valence-electron chi connectivity index (χ1n) is 8.16. The Kier molecular flexibility index (Phi) is 5.96. The minimum absolute atomic E-state index is 0.0543. The zero-order valence-electron chi connectivity index (χ0n) is 14.6. The van der Waals surface area contributed by atoms with Gasteiger partial charge in [-0.2, -0.15) is 0 Å². The first-order chi connectivity index (χ1) is 12.5. The van der Waals surface area contributed by atoms with Gasteiger partial charge in [-0.15, -0.1) is 10.2 Å². The molecule has 26 heavy (non-hydrogen) atoms. The van der Waals surface area contributed by atoms with E-state index in [0.29, 0.717) is 16.7 Å². The topological polar surface area (TPSA) is 59.8 Å². The lowest BCUT2D eigenvalue weighted by Gasteiger charge is -2.09. The molecule has 0 bridgehead atoms. The molecule has 0 unspecified atom stereocenters. The number of carbonyl (C=O) groups excluding carboxylic acids is 1. The van der Waals surface area contributed by atoms with Crippen molar-refractivity contribution in [2.75, 3.05) is 5.75 Å². The standard InChI is InChI=1S/C19H19ClN4OS/c1-13-4-3-5-17(10-13)24-14(2)22-23-19(24)26-12-18(25)21-11-15-6-8-16(20)9-7-15/h3-10H,11-12H2,1-2H3,(H,21,25). The van der Waals surface area contributed by atoms with E-state index in [4.69, 9.17) is 11.6 Å². The van der Waals surface area contributed by atoms with Crippen LogP contribution in [0.15, 0.2) is 53.7 Å². The van der Waals surface area contributed by atoms with Crippen molar-refractivity contribution in [1.82, 2.24) is 20.1 Å². The highest BCUT2D eigenvalue weighted by atomic mass is 35.5. The molecule has 1 N–H and O–H groups in total. The highest BCUT2D eigenvalue weighted by Crippen LogP contribution is 2.22. The summed E-state index contributed by atoms with van der Waals surface area (Å²) in [7, 11) is 0. The molecule has 0 fully saturated rings. The SMILES string of the molecule is Cc1cccc(-n2c(C)nnc2SCC(=O)NCc2ccc(Cl)cc2)c1. The summed E-state index contributed by atoms with van der Waals surface area (Å²) in [5.41, 5.74) is 3.16. The molecule has 0 atom stereocenters. The fourth-order valence-electron chi connectivity index (χ4n) is 2.48. The third-order valence-electron chi connectivity index (χ3n) is 3.79. The minimum atomic E-state index is -0.0543. The Morgan fingerprint density at radius 2 is 1.92 bits per heavy atom. The number of aromatic nitrogens is 3. The molecule has 134 valence electrons. The molecule has 0 saturated heterocycles. The lowest BCUT2D eigenvalue weighted by Crippen LogP contribution is -2.24. The zero-order chi connectivity index (χ0) is 18.5. The average molecular weight is 387 g/mol. The van der Waals surface area contributed by atoms with Gasteiger partial charge in [-0.3, -0.25) is 9.36 Å². The third kappa shape index (κ3) is 4.65. The van der Waals surface area contributed by atoms with Gasteiger partial charge in [0.25, 0.3) is 0 Å². The number of aryl methyl sites for hydroxylation is 2. The average Bonchev–Trinajstić information content (AvgIpc) is 3.00. The lowest BCUT2D eigenvalue weighted by molar-refractivity contribution is -0.118.